The molecule has 0 aliphatic heterocycles. The number of pyridine rings is 1. The fourth-order valence-electron chi connectivity index (χ4n) is 2.86. The zero-order valence-electron chi connectivity index (χ0n) is 19.1. The number of likely N-dealkylation sites (N-methyl/N-ethyl adjacent to an activating group) is 1. The fourth-order valence-corrected chi connectivity index (χ4v) is 2.86. The van der Waals surface area contributed by atoms with Crippen LogP contribution >= 0.6 is 24.0 Å². The smallest absolute Gasteiger partial charge is 0.240 e. The lowest BCUT2D eigenvalue weighted by atomic mass is 10.1. The van der Waals surface area contributed by atoms with E-state index in [1.165, 1.54) is 0 Å². The van der Waals surface area contributed by atoms with Gasteiger partial charge in [-0.2, -0.15) is 0 Å². The molecule has 29 heavy (non-hydrogen) atoms. The van der Waals surface area contributed by atoms with Crippen molar-refractivity contribution in [2.75, 3.05) is 20.6 Å². The molecule has 0 fully saturated rings. The maximum Gasteiger partial charge on any atom is 0.240 e. The van der Waals surface area contributed by atoms with Crippen molar-refractivity contribution in [3.63, 3.8) is 0 Å². The topological polar surface area (TPSA) is 78.9 Å². The van der Waals surface area contributed by atoms with Crippen molar-refractivity contribution in [3.8, 4) is 5.88 Å². The molecule has 0 radical (unpaired) electrons. The summed E-state index contributed by atoms with van der Waals surface area (Å²) in [6.07, 6.45) is 2.85. The monoisotopic (exact) mass is 519 g/mol. The summed E-state index contributed by atoms with van der Waals surface area (Å²) in [7, 11) is 3.54. The predicted molar refractivity (Wildman–Crippen MR) is 130 cm³/mol. The molecule has 0 aliphatic rings. The minimum Gasteiger partial charge on any atom is -0.475 e. The highest BCUT2D eigenvalue weighted by Crippen LogP contribution is 2.15. The number of carbonyl (C=O) groups excluding carboxylic acids is 1. The first-order valence-corrected chi connectivity index (χ1v) is 9.84. The van der Waals surface area contributed by atoms with Crippen LogP contribution in [-0.2, 0) is 11.3 Å². The highest BCUT2D eigenvalue weighted by molar-refractivity contribution is 14.0. The molecular weight excluding hydrogens is 481 g/mol. The molecule has 7 nitrogen and oxygen atoms in total. The third kappa shape index (κ3) is 11.9. The van der Waals surface area contributed by atoms with Crippen LogP contribution in [0.4, 0.5) is 0 Å². The van der Waals surface area contributed by atoms with Crippen LogP contribution in [-0.4, -0.2) is 54.0 Å². The van der Waals surface area contributed by atoms with Crippen LogP contribution in [0.25, 0.3) is 0 Å². The van der Waals surface area contributed by atoms with Gasteiger partial charge in [0, 0.05) is 38.4 Å². The van der Waals surface area contributed by atoms with Gasteiger partial charge in [0.2, 0.25) is 11.8 Å². The normalized spacial score (nSPS) is 12.8. The maximum atomic E-state index is 12.1. The van der Waals surface area contributed by atoms with E-state index in [9.17, 15) is 4.79 Å². The summed E-state index contributed by atoms with van der Waals surface area (Å²) in [4.78, 5) is 22.5. The first-order chi connectivity index (χ1) is 13.0. The number of aliphatic imine (C=N–C) groups is 1. The molecule has 1 aromatic heterocycles. The Labute approximate surface area is 193 Å². The average Bonchev–Trinajstić information content (AvgIpc) is 2.52. The highest BCUT2D eigenvalue weighted by Gasteiger charge is 2.16. The van der Waals surface area contributed by atoms with E-state index in [0.29, 0.717) is 24.3 Å². The molecule has 8 heteroatoms. The highest BCUT2D eigenvalue weighted by atomic mass is 127. The summed E-state index contributed by atoms with van der Waals surface area (Å²) in [6, 6.07) is 3.87. The number of ether oxygens (including phenoxy) is 1. The minimum absolute atomic E-state index is 0. The van der Waals surface area contributed by atoms with Gasteiger partial charge in [0.25, 0.3) is 0 Å². The number of rotatable bonds is 8. The number of hydrogen-bond donors (Lipinski definition) is 2. The van der Waals surface area contributed by atoms with Gasteiger partial charge in [-0.1, -0.05) is 13.8 Å². The minimum atomic E-state index is -0.255. The summed E-state index contributed by atoms with van der Waals surface area (Å²) in [6.45, 7) is 13.1. The van der Waals surface area contributed by atoms with Crippen molar-refractivity contribution >= 4 is 35.8 Å². The van der Waals surface area contributed by atoms with E-state index in [1.54, 1.807) is 18.1 Å². The number of hydrogen-bond acceptors (Lipinski definition) is 4. The second-order valence-corrected chi connectivity index (χ2v) is 8.62. The Morgan fingerprint density at radius 3 is 2.52 bits per heavy atom. The second kappa shape index (κ2) is 12.9. The molecule has 0 saturated heterocycles. The molecule has 1 rings (SSSR count). The Morgan fingerprint density at radius 2 is 1.97 bits per heavy atom. The Bertz CT molecular complexity index is 659. The van der Waals surface area contributed by atoms with Gasteiger partial charge in [-0.25, -0.2) is 4.98 Å². The Kier molecular flexibility index (Phi) is 12.2. The van der Waals surface area contributed by atoms with Gasteiger partial charge in [-0.3, -0.25) is 9.79 Å². The number of amides is 1. The van der Waals surface area contributed by atoms with Crippen molar-refractivity contribution < 1.29 is 9.53 Å². The van der Waals surface area contributed by atoms with Crippen LogP contribution in [0.3, 0.4) is 0 Å². The summed E-state index contributed by atoms with van der Waals surface area (Å²) in [5.41, 5.74) is 0.783. The number of halogens is 1. The molecule has 166 valence electrons. The number of carbonyl (C=O) groups is 1. The van der Waals surface area contributed by atoms with Crippen LogP contribution in [0.5, 0.6) is 5.88 Å². The first-order valence-electron chi connectivity index (χ1n) is 9.84. The molecule has 1 unspecified atom stereocenters. The van der Waals surface area contributed by atoms with Crippen LogP contribution in [0, 0.1) is 5.92 Å². The van der Waals surface area contributed by atoms with E-state index in [1.807, 2.05) is 40.0 Å². The van der Waals surface area contributed by atoms with Gasteiger partial charge in [0.15, 0.2) is 5.96 Å². The molecule has 0 spiro atoms. The van der Waals surface area contributed by atoms with Crippen LogP contribution in [0.1, 0.15) is 53.5 Å². The Morgan fingerprint density at radius 1 is 1.31 bits per heavy atom. The van der Waals surface area contributed by atoms with Crippen molar-refractivity contribution in [2.24, 2.45) is 10.9 Å². The maximum absolute atomic E-state index is 12.1. The third-order valence-corrected chi connectivity index (χ3v) is 3.84. The van der Waals surface area contributed by atoms with E-state index < -0.39 is 0 Å². The van der Waals surface area contributed by atoms with Crippen molar-refractivity contribution in [2.45, 2.75) is 66.2 Å². The lowest BCUT2D eigenvalue weighted by molar-refractivity contribution is -0.122. The van der Waals surface area contributed by atoms with E-state index in [4.69, 9.17) is 4.74 Å². The quantitative estimate of drug-likeness (QED) is 0.313. The molecule has 1 heterocycles. The molecule has 0 saturated carbocycles. The van der Waals surface area contributed by atoms with Gasteiger partial charge in [0.05, 0.1) is 12.6 Å². The SMILES string of the molecule is CN=C(NCc1ccnc(OC(C)CC(C)C)c1)N(C)CC(=O)NC(C)(C)C.I. The Hall–Kier alpha value is -1.58. The average molecular weight is 519 g/mol. The van der Waals surface area contributed by atoms with Crippen LogP contribution in [0.2, 0.25) is 0 Å². The summed E-state index contributed by atoms with van der Waals surface area (Å²) >= 11 is 0. The summed E-state index contributed by atoms with van der Waals surface area (Å²) in [5.74, 6) is 1.81. The largest absolute Gasteiger partial charge is 0.475 e. The number of aromatic nitrogens is 1. The lowest BCUT2D eigenvalue weighted by Crippen LogP contribution is -2.48. The van der Waals surface area contributed by atoms with Crippen LogP contribution < -0.4 is 15.4 Å². The molecular formula is C21H38IN5O2. The number of nitrogens with one attached hydrogen (secondary N) is 2. The fraction of sp³-hybridized carbons (Fsp3) is 0.667. The standard InChI is InChI=1S/C21H37N5O2.HI/c1-15(2)11-16(3)28-19-12-17(9-10-23-19)13-24-20(22-7)26(8)14-18(27)25-21(4,5)6;/h9-10,12,15-16H,11,13-14H2,1-8H3,(H,22,24)(H,25,27);1H. The first kappa shape index (κ1) is 27.4. The Balaban J connectivity index is 0.00000784. The van der Waals surface area contributed by atoms with Gasteiger partial charge in [-0.15, -0.1) is 24.0 Å². The van der Waals surface area contributed by atoms with Crippen molar-refractivity contribution in [3.05, 3.63) is 23.9 Å². The van der Waals surface area contributed by atoms with E-state index in [0.717, 1.165) is 12.0 Å². The number of nitrogens with zero attached hydrogens (tertiary/aromatic N) is 3. The van der Waals surface area contributed by atoms with Gasteiger partial charge >= 0.3 is 0 Å². The lowest BCUT2D eigenvalue weighted by Gasteiger charge is -2.25. The molecule has 1 atom stereocenters. The summed E-state index contributed by atoms with van der Waals surface area (Å²) in [5, 5.41) is 6.23. The zero-order valence-corrected chi connectivity index (χ0v) is 21.4. The number of guanidine groups is 1. The molecule has 1 amide bonds. The van der Waals surface area contributed by atoms with Crippen molar-refractivity contribution in [1.29, 1.82) is 0 Å². The molecule has 1 aromatic rings. The summed E-state index contributed by atoms with van der Waals surface area (Å²) < 4.78 is 5.91. The predicted octanol–water partition coefficient (Wildman–Crippen LogP) is 3.43. The molecule has 0 bridgehead atoms. The molecule has 0 aromatic carbocycles. The van der Waals surface area contributed by atoms with Crippen LogP contribution in [0.15, 0.2) is 23.3 Å². The van der Waals surface area contributed by atoms with E-state index in [2.05, 4.69) is 41.4 Å². The molecule has 2 N–H and O–H groups in total. The van der Waals surface area contributed by atoms with Gasteiger partial charge in [0.1, 0.15) is 0 Å². The van der Waals surface area contributed by atoms with Gasteiger partial charge in [-0.05, 0) is 51.7 Å². The zero-order chi connectivity index (χ0) is 21.3. The van der Waals surface area contributed by atoms with Gasteiger partial charge < -0.3 is 20.3 Å². The molecule has 0 aliphatic carbocycles. The van der Waals surface area contributed by atoms with E-state index in [-0.39, 0.29) is 48.1 Å². The third-order valence-electron chi connectivity index (χ3n) is 3.84. The van der Waals surface area contributed by atoms with E-state index >= 15 is 0 Å². The van der Waals surface area contributed by atoms with Crippen molar-refractivity contribution in [1.82, 2.24) is 20.5 Å². The second-order valence-electron chi connectivity index (χ2n) is 8.62.